The van der Waals surface area contributed by atoms with Crippen LogP contribution in [0.3, 0.4) is 0 Å². The predicted molar refractivity (Wildman–Crippen MR) is 90.2 cm³/mol. The topological polar surface area (TPSA) is 52.3 Å². The summed E-state index contributed by atoms with van der Waals surface area (Å²) in [6, 6.07) is 0. The normalized spacial score (nSPS) is 11.1. The number of allylic oxidation sites excluding steroid dienone is 2. The van der Waals surface area contributed by atoms with Crippen molar-refractivity contribution < 1.29 is 9.53 Å². The van der Waals surface area contributed by atoms with Crippen LogP contribution >= 0.6 is 0 Å². The second-order valence-corrected chi connectivity index (χ2v) is 5.64. The zero-order valence-electron chi connectivity index (χ0n) is 13.9. The molecule has 2 N–H and O–H groups in total. The quantitative estimate of drug-likeness (QED) is 0.270. The van der Waals surface area contributed by atoms with Crippen molar-refractivity contribution in [3.63, 3.8) is 0 Å². The average Bonchev–Trinajstić information content (AvgIpc) is 2.49. The van der Waals surface area contributed by atoms with Crippen molar-refractivity contribution in [2.75, 3.05) is 13.2 Å². The molecule has 3 heteroatoms. The van der Waals surface area contributed by atoms with Gasteiger partial charge < -0.3 is 10.5 Å². The number of carbonyl (C=O) groups excluding carboxylic acids is 1. The van der Waals surface area contributed by atoms with Crippen LogP contribution in [0.1, 0.15) is 84.0 Å². The van der Waals surface area contributed by atoms with Crippen LogP contribution in [-0.2, 0) is 9.53 Å². The largest absolute Gasteiger partial charge is 0.464 e. The molecule has 0 heterocycles. The zero-order chi connectivity index (χ0) is 15.6. The number of carbonyl (C=O) groups is 1. The molecule has 0 radical (unpaired) electrons. The molecule has 0 aromatic heterocycles. The van der Waals surface area contributed by atoms with Crippen LogP contribution in [0, 0.1) is 0 Å². The van der Waals surface area contributed by atoms with E-state index in [0.29, 0.717) is 19.6 Å². The summed E-state index contributed by atoms with van der Waals surface area (Å²) in [4.78, 5) is 11.2. The molecule has 0 atom stereocenters. The fourth-order valence-electron chi connectivity index (χ4n) is 2.23. The van der Waals surface area contributed by atoms with Gasteiger partial charge in [-0.3, -0.25) is 4.79 Å². The van der Waals surface area contributed by atoms with E-state index < -0.39 is 0 Å². The Bertz CT molecular complexity index is 252. The molecule has 0 unspecified atom stereocenters. The maximum Gasteiger partial charge on any atom is 0.305 e. The highest BCUT2D eigenvalue weighted by molar-refractivity contribution is 5.69. The van der Waals surface area contributed by atoms with Crippen molar-refractivity contribution in [2.45, 2.75) is 84.0 Å². The molecule has 0 bridgehead atoms. The maximum absolute atomic E-state index is 11.2. The monoisotopic (exact) mass is 297 g/mol. The molecular formula is C18H35NO2. The van der Waals surface area contributed by atoms with E-state index in [1.54, 1.807) is 0 Å². The summed E-state index contributed by atoms with van der Waals surface area (Å²) in [5, 5.41) is 0. The van der Waals surface area contributed by atoms with Gasteiger partial charge in [-0.1, -0.05) is 57.6 Å². The SMILES string of the molecule is CCCCCC/C=C/CCCCCCCC(=O)OCCN. The first-order valence-electron chi connectivity index (χ1n) is 8.82. The second-order valence-electron chi connectivity index (χ2n) is 5.64. The fraction of sp³-hybridized carbons (Fsp3) is 0.833. The van der Waals surface area contributed by atoms with Gasteiger partial charge in [-0.05, 0) is 32.1 Å². The van der Waals surface area contributed by atoms with Crippen LogP contribution in [0.5, 0.6) is 0 Å². The number of hydrogen-bond acceptors (Lipinski definition) is 3. The molecule has 0 fully saturated rings. The molecule has 0 saturated heterocycles. The van der Waals surface area contributed by atoms with Gasteiger partial charge in [0, 0.05) is 13.0 Å². The maximum atomic E-state index is 11.2. The fourth-order valence-corrected chi connectivity index (χ4v) is 2.23. The molecule has 3 nitrogen and oxygen atoms in total. The van der Waals surface area contributed by atoms with Crippen LogP contribution in [0.25, 0.3) is 0 Å². The molecule has 0 aliphatic heterocycles. The Morgan fingerprint density at radius 1 is 0.905 bits per heavy atom. The molecule has 0 aromatic rings. The van der Waals surface area contributed by atoms with Crippen LogP contribution < -0.4 is 5.73 Å². The summed E-state index contributed by atoms with van der Waals surface area (Å²) in [6.07, 6.45) is 18.8. The van der Waals surface area contributed by atoms with Crippen LogP contribution in [-0.4, -0.2) is 19.1 Å². The average molecular weight is 297 g/mol. The number of rotatable bonds is 15. The minimum atomic E-state index is -0.105. The van der Waals surface area contributed by atoms with E-state index in [-0.39, 0.29) is 5.97 Å². The van der Waals surface area contributed by atoms with E-state index >= 15 is 0 Å². The lowest BCUT2D eigenvalue weighted by Gasteiger charge is -2.02. The van der Waals surface area contributed by atoms with Crippen molar-refractivity contribution in [1.82, 2.24) is 0 Å². The Morgan fingerprint density at radius 3 is 2.10 bits per heavy atom. The van der Waals surface area contributed by atoms with Crippen molar-refractivity contribution in [2.24, 2.45) is 5.73 Å². The summed E-state index contributed by atoms with van der Waals surface area (Å²) in [5.74, 6) is -0.105. The lowest BCUT2D eigenvalue weighted by molar-refractivity contribution is -0.143. The summed E-state index contributed by atoms with van der Waals surface area (Å²) in [7, 11) is 0. The number of hydrogen-bond donors (Lipinski definition) is 1. The van der Waals surface area contributed by atoms with Crippen LogP contribution in [0.2, 0.25) is 0 Å². The standard InChI is InChI=1S/C18H35NO2/c1-2-3-4-5-6-7-8-9-10-11-12-13-14-15-18(20)21-17-16-19/h7-8H,2-6,9-17,19H2,1H3/b8-7+. The summed E-state index contributed by atoms with van der Waals surface area (Å²) < 4.78 is 4.93. The highest BCUT2D eigenvalue weighted by Gasteiger charge is 2.01. The third kappa shape index (κ3) is 17.1. The van der Waals surface area contributed by atoms with Gasteiger partial charge in [-0.2, -0.15) is 0 Å². The van der Waals surface area contributed by atoms with E-state index in [1.807, 2.05) is 0 Å². The van der Waals surface area contributed by atoms with Crippen molar-refractivity contribution in [3.05, 3.63) is 12.2 Å². The van der Waals surface area contributed by atoms with Crippen molar-refractivity contribution in [1.29, 1.82) is 0 Å². The molecule has 124 valence electrons. The Hall–Kier alpha value is -0.830. The first-order chi connectivity index (χ1) is 10.3. The van der Waals surface area contributed by atoms with Crippen LogP contribution in [0.15, 0.2) is 12.2 Å². The highest BCUT2D eigenvalue weighted by atomic mass is 16.5. The molecule has 0 aliphatic rings. The molecule has 0 aliphatic carbocycles. The number of unbranched alkanes of at least 4 members (excludes halogenated alkanes) is 9. The molecule has 0 saturated carbocycles. The summed E-state index contributed by atoms with van der Waals surface area (Å²) in [6.45, 7) is 3.01. The van der Waals surface area contributed by atoms with Gasteiger partial charge in [-0.25, -0.2) is 0 Å². The van der Waals surface area contributed by atoms with E-state index in [0.717, 1.165) is 12.8 Å². The predicted octanol–water partition coefficient (Wildman–Crippen LogP) is 4.75. The Kier molecular flexibility index (Phi) is 16.5. The molecule has 0 spiro atoms. The third-order valence-electron chi connectivity index (χ3n) is 3.52. The third-order valence-corrected chi connectivity index (χ3v) is 3.52. The smallest absolute Gasteiger partial charge is 0.305 e. The molecule has 0 amide bonds. The van der Waals surface area contributed by atoms with E-state index in [2.05, 4.69) is 19.1 Å². The molecular weight excluding hydrogens is 262 g/mol. The van der Waals surface area contributed by atoms with E-state index in [1.165, 1.54) is 57.8 Å². The highest BCUT2D eigenvalue weighted by Crippen LogP contribution is 2.09. The first kappa shape index (κ1) is 20.2. The van der Waals surface area contributed by atoms with Crippen molar-refractivity contribution in [3.8, 4) is 0 Å². The Labute approximate surface area is 131 Å². The summed E-state index contributed by atoms with van der Waals surface area (Å²) in [5.41, 5.74) is 5.27. The van der Waals surface area contributed by atoms with Gasteiger partial charge in [0.2, 0.25) is 0 Å². The number of esters is 1. The van der Waals surface area contributed by atoms with Gasteiger partial charge in [0.05, 0.1) is 0 Å². The van der Waals surface area contributed by atoms with Crippen molar-refractivity contribution >= 4 is 5.97 Å². The van der Waals surface area contributed by atoms with Gasteiger partial charge in [0.1, 0.15) is 6.61 Å². The lowest BCUT2D eigenvalue weighted by atomic mass is 10.1. The minimum absolute atomic E-state index is 0.105. The van der Waals surface area contributed by atoms with E-state index in [4.69, 9.17) is 10.5 Å². The summed E-state index contributed by atoms with van der Waals surface area (Å²) >= 11 is 0. The number of nitrogens with two attached hydrogens (primary N) is 1. The van der Waals surface area contributed by atoms with Gasteiger partial charge >= 0.3 is 5.97 Å². The number of ether oxygens (including phenoxy) is 1. The minimum Gasteiger partial charge on any atom is -0.464 e. The Morgan fingerprint density at radius 2 is 1.48 bits per heavy atom. The van der Waals surface area contributed by atoms with E-state index in [9.17, 15) is 4.79 Å². The molecule has 0 rings (SSSR count). The molecule has 21 heavy (non-hydrogen) atoms. The van der Waals surface area contributed by atoms with Gasteiger partial charge in [-0.15, -0.1) is 0 Å². The van der Waals surface area contributed by atoms with Gasteiger partial charge in [0.15, 0.2) is 0 Å². The second kappa shape index (κ2) is 17.2. The van der Waals surface area contributed by atoms with Crippen LogP contribution in [0.4, 0.5) is 0 Å². The zero-order valence-corrected chi connectivity index (χ0v) is 13.9. The van der Waals surface area contributed by atoms with Gasteiger partial charge in [0.25, 0.3) is 0 Å². The Balaban J connectivity index is 3.15. The lowest BCUT2D eigenvalue weighted by Crippen LogP contribution is -2.13. The molecule has 0 aromatic carbocycles. The first-order valence-corrected chi connectivity index (χ1v) is 8.82.